The second kappa shape index (κ2) is 9.23. The molecule has 154 valence electrons. The quantitative estimate of drug-likeness (QED) is 0.386. The summed E-state index contributed by atoms with van der Waals surface area (Å²) in [6.45, 7) is 0. The van der Waals surface area contributed by atoms with Crippen molar-refractivity contribution < 1.29 is 12.8 Å². The van der Waals surface area contributed by atoms with Gasteiger partial charge in [-0.15, -0.1) is 10.2 Å². The van der Waals surface area contributed by atoms with Gasteiger partial charge in [0.15, 0.2) is 0 Å². The van der Waals surface area contributed by atoms with Gasteiger partial charge in [-0.1, -0.05) is 54.6 Å². The Morgan fingerprint density at radius 2 is 1.23 bits per heavy atom. The van der Waals surface area contributed by atoms with Gasteiger partial charge in [0.05, 0.1) is 9.79 Å². The van der Waals surface area contributed by atoms with E-state index in [1.807, 2.05) is 79.1 Å². The Balaban J connectivity index is 0.000000126. The van der Waals surface area contributed by atoms with Crippen molar-refractivity contribution in [2.45, 2.75) is 9.79 Å². The van der Waals surface area contributed by atoms with E-state index in [4.69, 9.17) is 4.42 Å². The highest BCUT2D eigenvalue weighted by molar-refractivity contribution is 7.92. The fourth-order valence-corrected chi connectivity index (χ4v) is 4.81. The first-order valence-electron chi connectivity index (χ1n) is 9.51. The van der Waals surface area contributed by atoms with Crippen molar-refractivity contribution >= 4 is 9.84 Å². The third kappa shape index (κ3) is 4.46. The first kappa shape index (κ1) is 20.3. The molecule has 3 aromatic carbocycles. The molecule has 0 amide bonds. The Morgan fingerprint density at radius 3 is 1.71 bits per heavy atom. The molecular formula is C24H19N3O3S. The van der Waals surface area contributed by atoms with Crippen LogP contribution >= 0.6 is 0 Å². The molecular weight excluding hydrogens is 410 g/mol. The van der Waals surface area contributed by atoms with Crippen molar-refractivity contribution in [1.82, 2.24) is 15.2 Å². The van der Waals surface area contributed by atoms with Gasteiger partial charge in [0.1, 0.15) is 0 Å². The van der Waals surface area contributed by atoms with E-state index in [0.29, 0.717) is 15.7 Å². The summed E-state index contributed by atoms with van der Waals surface area (Å²) < 4.78 is 29.1. The van der Waals surface area contributed by atoms with Gasteiger partial charge in [0, 0.05) is 29.1 Å². The molecule has 6 nitrogen and oxygen atoms in total. The van der Waals surface area contributed by atoms with Crippen LogP contribution in [0.5, 0.6) is 0 Å². The minimum absolute atomic E-state index is 0.422. The number of aromatic amines is 1. The maximum Gasteiger partial charge on any atom is 0.247 e. The molecule has 0 aliphatic carbocycles. The molecule has 1 N–H and O–H groups in total. The number of nitrogens with one attached hydrogen (secondary N) is 1. The molecule has 0 fully saturated rings. The molecule has 0 saturated carbocycles. The molecule has 7 heteroatoms. The number of aromatic nitrogens is 3. The van der Waals surface area contributed by atoms with Gasteiger partial charge in [-0.05, 0) is 36.4 Å². The molecule has 31 heavy (non-hydrogen) atoms. The molecule has 1 aliphatic rings. The molecule has 0 spiro atoms. The predicted molar refractivity (Wildman–Crippen MR) is 118 cm³/mol. The normalized spacial score (nSPS) is 12.4. The lowest BCUT2D eigenvalue weighted by atomic mass is 10.1. The number of hydrogen-bond donors (Lipinski definition) is 1. The second-order valence-corrected chi connectivity index (χ2v) is 8.38. The number of fused-ring (bicyclic) bond motifs is 3. The standard InChI is InChI=1S/C12H8O2S.C8H6N2O.C4H5N/c13-15(14)11-7-3-1-5-9(11)10-6-2-4-8-12(10)15;1-2-4-7(5-3-1)8-10-9-6-11-8;1-2-4-5-3-1/h1-8H;1-6H;1-5H. The average molecular weight is 430 g/mol. The van der Waals surface area contributed by atoms with Gasteiger partial charge in [-0.3, -0.25) is 0 Å². The molecule has 1 aliphatic heterocycles. The molecule has 0 bridgehead atoms. The van der Waals surface area contributed by atoms with Gasteiger partial charge < -0.3 is 9.40 Å². The zero-order valence-corrected chi connectivity index (χ0v) is 17.2. The highest BCUT2D eigenvalue weighted by Gasteiger charge is 2.31. The van der Waals surface area contributed by atoms with E-state index in [2.05, 4.69) is 15.2 Å². The van der Waals surface area contributed by atoms with Crippen molar-refractivity contribution in [3.63, 3.8) is 0 Å². The van der Waals surface area contributed by atoms with Crippen molar-refractivity contribution in [3.8, 4) is 22.6 Å². The van der Waals surface area contributed by atoms with Crippen LogP contribution in [-0.2, 0) is 9.84 Å². The van der Waals surface area contributed by atoms with E-state index in [-0.39, 0.29) is 0 Å². The first-order chi connectivity index (χ1) is 15.2. The van der Waals surface area contributed by atoms with Crippen LogP contribution < -0.4 is 0 Å². The minimum atomic E-state index is -3.26. The number of nitrogens with zero attached hydrogens (tertiary/aromatic N) is 2. The zero-order chi connectivity index (χ0) is 21.5. The topological polar surface area (TPSA) is 88.9 Å². The fraction of sp³-hybridized carbons (Fsp3) is 0. The maximum atomic E-state index is 12.1. The van der Waals surface area contributed by atoms with Crippen LogP contribution in [0.3, 0.4) is 0 Å². The largest absolute Gasteiger partial charge is 0.423 e. The van der Waals surface area contributed by atoms with Crippen molar-refractivity contribution in [2.24, 2.45) is 0 Å². The van der Waals surface area contributed by atoms with Crippen LogP contribution in [0.25, 0.3) is 22.6 Å². The summed E-state index contributed by atoms with van der Waals surface area (Å²) >= 11 is 0. The van der Waals surface area contributed by atoms with E-state index in [9.17, 15) is 8.42 Å². The van der Waals surface area contributed by atoms with E-state index < -0.39 is 9.84 Å². The molecule has 0 unspecified atom stereocenters. The lowest BCUT2D eigenvalue weighted by molar-refractivity contribution is 0.568. The Labute approximate surface area is 180 Å². The van der Waals surface area contributed by atoms with Crippen LogP contribution in [0, 0.1) is 0 Å². The van der Waals surface area contributed by atoms with Gasteiger partial charge in [0.2, 0.25) is 22.1 Å². The summed E-state index contributed by atoms with van der Waals surface area (Å²) in [5.74, 6) is 0.561. The average Bonchev–Trinajstić information content (AvgIpc) is 3.60. The second-order valence-electron chi connectivity index (χ2n) is 6.49. The summed E-state index contributed by atoms with van der Waals surface area (Å²) in [5.41, 5.74) is 2.58. The number of sulfone groups is 1. The predicted octanol–water partition coefficient (Wildman–Crippen LogP) is 5.25. The maximum absolute atomic E-state index is 12.1. The Morgan fingerprint density at radius 1 is 0.677 bits per heavy atom. The number of rotatable bonds is 1. The number of H-pyrrole nitrogens is 1. The summed E-state index contributed by atoms with van der Waals surface area (Å²) in [5, 5.41) is 7.35. The fourth-order valence-electron chi connectivity index (χ4n) is 3.12. The molecule has 0 atom stereocenters. The van der Waals surface area contributed by atoms with Crippen LogP contribution in [-0.4, -0.2) is 23.6 Å². The molecule has 0 saturated heterocycles. The molecule has 3 heterocycles. The van der Waals surface area contributed by atoms with E-state index in [0.717, 1.165) is 16.7 Å². The van der Waals surface area contributed by atoms with Gasteiger partial charge in [-0.25, -0.2) is 8.42 Å². The van der Waals surface area contributed by atoms with E-state index in [1.165, 1.54) is 6.39 Å². The van der Waals surface area contributed by atoms with Crippen molar-refractivity contribution in [3.05, 3.63) is 110 Å². The van der Waals surface area contributed by atoms with Crippen LogP contribution in [0.2, 0.25) is 0 Å². The summed E-state index contributed by atoms with van der Waals surface area (Å²) in [7, 11) is -3.26. The monoisotopic (exact) mass is 429 g/mol. The van der Waals surface area contributed by atoms with Crippen LogP contribution in [0.4, 0.5) is 0 Å². The SMILES string of the molecule is O=S1(=O)c2ccccc2-c2ccccc21.c1cc[nH]c1.c1ccc(-c2nnco2)cc1. The Kier molecular flexibility index (Phi) is 6.05. The molecule has 5 aromatic rings. The number of hydrogen-bond acceptors (Lipinski definition) is 5. The van der Waals surface area contributed by atoms with Crippen LogP contribution in [0.1, 0.15) is 0 Å². The lowest BCUT2D eigenvalue weighted by Gasteiger charge is -1.95. The van der Waals surface area contributed by atoms with Crippen molar-refractivity contribution in [1.29, 1.82) is 0 Å². The van der Waals surface area contributed by atoms with E-state index in [1.54, 1.807) is 24.3 Å². The lowest BCUT2D eigenvalue weighted by Crippen LogP contribution is -1.95. The highest BCUT2D eigenvalue weighted by Crippen LogP contribution is 2.42. The Hall–Kier alpha value is -3.97. The smallest absolute Gasteiger partial charge is 0.247 e. The van der Waals surface area contributed by atoms with Gasteiger partial charge in [-0.2, -0.15) is 0 Å². The van der Waals surface area contributed by atoms with E-state index >= 15 is 0 Å². The van der Waals surface area contributed by atoms with Gasteiger partial charge in [0.25, 0.3) is 0 Å². The summed E-state index contributed by atoms with van der Waals surface area (Å²) in [6, 6.07) is 27.8. The molecule has 2 aromatic heterocycles. The third-order valence-corrected chi connectivity index (χ3v) is 6.39. The van der Waals surface area contributed by atoms with Crippen molar-refractivity contribution in [2.75, 3.05) is 0 Å². The summed E-state index contributed by atoms with van der Waals surface area (Å²) in [4.78, 5) is 3.71. The summed E-state index contributed by atoms with van der Waals surface area (Å²) in [6.07, 6.45) is 5.07. The minimum Gasteiger partial charge on any atom is -0.423 e. The molecule has 0 radical (unpaired) electrons. The zero-order valence-electron chi connectivity index (χ0n) is 16.4. The molecule has 6 rings (SSSR count). The highest BCUT2D eigenvalue weighted by atomic mass is 32.2. The van der Waals surface area contributed by atoms with Gasteiger partial charge >= 0.3 is 0 Å². The number of benzene rings is 3. The first-order valence-corrected chi connectivity index (χ1v) is 11.0. The van der Waals surface area contributed by atoms with Crippen LogP contribution in [0.15, 0.2) is 124 Å². The third-order valence-electron chi connectivity index (χ3n) is 4.52. The Bertz CT molecular complexity index is 1260.